The largest absolute Gasteiger partial charge is 0.370 e. The smallest absolute Gasteiger partial charge is 0.293 e. The lowest BCUT2D eigenvalue weighted by atomic mass is 10.0. The van der Waals surface area contributed by atoms with Gasteiger partial charge in [-0.3, -0.25) is 14.9 Å². The Balaban J connectivity index is 2.68. The van der Waals surface area contributed by atoms with Crippen LogP contribution in [0, 0.1) is 10.1 Å². The van der Waals surface area contributed by atoms with Gasteiger partial charge in [0.25, 0.3) is 11.6 Å². The number of carbonyl (C=O) groups excluding carboxylic acids is 1. The lowest BCUT2D eigenvalue weighted by Crippen LogP contribution is -2.40. The first kappa shape index (κ1) is 19.6. The van der Waals surface area contributed by atoms with E-state index >= 15 is 0 Å². The van der Waals surface area contributed by atoms with E-state index in [1.165, 1.54) is 0 Å². The van der Waals surface area contributed by atoms with Crippen molar-refractivity contribution in [3.8, 4) is 0 Å². The Labute approximate surface area is 149 Å². The zero-order valence-corrected chi connectivity index (χ0v) is 14.9. The summed E-state index contributed by atoms with van der Waals surface area (Å²) in [7, 11) is -3.87. The molecule has 0 bridgehead atoms. The number of sulfone groups is 1. The average Bonchev–Trinajstić information content (AvgIpc) is 2.52. The normalized spacial score (nSPS) is 15.5. The number of nitro groups is 1. The fraction of sp³-hybridized carbons (Fsp3) is 0.429. The van der Waals surface area contributed by atoms with E-state index in [0.29, 0.717) is 25.9 Å². The summed E-state index contributed by atoms with van der Waals surface area (Å²) in [5.74, 6) is -1.65. The highest BCUT2D eigenvalue weighted by Crippen LogP contribution is 2.35. The van der Waals surface area contributed by atoms with Crippen molar-refractivity contribution in [3.05, 3.63) is 27.8 Å². The third kappa shape index (κ3) is 4.26. The zero-order chi connectivity index (χ0) is 19.6. The average molecular weight is 384 g/mol. The van der Waals surface area contributed by atoms with Gasteiger partial charge in [-0.05, 0) is 18.9 Å². The third-order valence-electron chi connectivity index (χ3n) is 4.01. The van der Waals surface area contributed by atoms with Gasteiger partial charge in [-0.1, -0.05) is 0 Å². The van der Waals surface area contributed by atoms with Crippen LogP contribution in [-0.2, 0) is 9.84 Å². The van der Waals surface area contributed by atoms with E-state index in [-0.39, 0.29) is 16.6 Å². The number of hydrogen-bond donors (Lipinski definition) is 3. The predicted octanol–water partition coefficient (Wildman–Crippen LogP) is -0.661. The molecule has 1 amide bonds. The van der Waals surface area contributed by atoms with Crippen molar-refractivity contribution in [1.29, 1.82) is 0 Å². The molecule has 6 N–H and O–H groups in total. The predicted molar refractivity (Wildman–Crippen MR) is 95.8 cm³/mol. The molecule has 0 unspecified atom stereocenters. The van der Waals surface area contributed by atoms with Gasteiger partial charge in [-0.15, -0.1) is 0 Å². The van der Waals surface area contributed by atoms with E-state index in [1.54, 1.807) is 4.90 Å². The van der Waals surface area contributed by atoms with E-state index in [0.717, 1.165) is 18.4 Å². The molecule has 1 saturated heterocycles. The van der Waals surface area contributed by atoms with Crippen LogP contribution in [0.4, 0.5) is 11.4 Å². The number of hydrogen-bond acceptors (Lipinski definition) is 7. The van der Waals surface area contributed by atoms with Gasteiger partial charge in [0.2, 0.25) is 0 Å². The highest BCUT2D eigenvalue weighted by Gasteiger charge is 2.30. The number of amides is 1. The molecule has 0 atom stereocenters. The molecular weight excluding hydrogens is 364 g/mol. The molecule has 1 aromatic carbocycles. The second kappa shape index (κ2) is 7.25. The molecule has 0 radical (unpaired) electrons. The summed E-state index contributed by atoms with van der Waals surface area (Å²) in [6.07, 6.45) is 2.12. The van der Waals surface area contributed by atoms with Crippen LogP contribution in [0.2, 0.25) is 0 Å². The van der Waals surface area contributed by atoms with Crippen LogP contribution in [0.15, 0.2) is 22.0 Å². The maximum Gasteiger partial charge on any atom is 0.293 e. The standard InChI is InChI=1S/C14H20N6O5S/c1-26(24,25)12-7-10(19-4-2-8(15)3-5-19)11(20(22)23)6-9(12)13(21)18-14(16)17/h6-8H,2-5,15H2,1H3,(H4,16,17,18,21). The molecule has 26 heavy (non-hydrogen) atoms. The van der Waals surface area contributed by atoms with Crippen molar-refractivity contribution in [3.63, 3.8) is 0 Å². The monoisotopic (exact) mass is 384 g/mol. The van der Waals surface area contributed by atoms with E-state index in [4.69, 9.17) is 17.2 Å². The van der Waals surface area contributed by atoms with Crippen molar-refractivity contribution in [1.82, 2.24) is 0 Å². The minimum absolute atomic E-state index is 0.0117. The Hall–Kier alpha value is -2.73. The molecule has 12 heteroatoms. The van der Waals surface area contributed by atoms with Crippen molar-refractivity contribution in [2.45, 2.75) is 23.8 Å². The van der Waals surface area contributed by atoms with Gasteiger partial charge in [0.15, 0.2) is 15.8 Å². The molecule has 1 aromatic rings. The molecule has 11 nitrogen and oxygen atoms in total. The molecule has 1 fully saturated rings. The maximum absolute atomic E-state index is 12.2. The number of nitro benzene ring substituents is 1. The van der Waals surface area contributed by atoms with Crippen molar-refractivity contribution in [2.24, 2.45) is 22.2 Å². The van der Waals surface area contributed by atoms with Crippen molar-refractivity contribution in [2.75, 3.05) is 24.2 Å². The summed E-state index contributed by atoms with van der Waals surface area (Å²) >= 11 is 0. The van der Waals surface area contributed by atoms with Gasteiger partial charge in [-0.25, -0.2) is 8.42 Å². The van der Waals surface area contributed by atoms with Crippen molar-refractivity contribution < 1.29 is 18.1 Å². The third-order valence-corrected chi connectivity index (χ3v) is 5.15. The minimum Gasteiger partial charge on any atom is -0.370 e. The molecule has 1 aliphatic heterocycles. The van der Waals surface area contributed by atoms with Crippen molar-refractivity contribution >= 4 is 33.1 Å². The van der Waals surface area contributed by atoms with Crippen LogP contribution in [0.3, 0.4) is 0 Å². The van der Waals surface area contributed by atoms with E-state index in [1.807, 2.05) is 0 Å². The number of benzene rings is 1. The molecule has 0 spiro atoms. The quantitative estimate of drug-likeness (QED) is 0.262. The van der Waals surface area contributed by atoms with Crippen LogP contribution >= 0.6 is 0 Å². The van der Waals surface area contributed by atoms with E-state index in [2.05, 4.69) is 4.99 Å². The van der Waals surface area contributed by atoms with Gasteiger partial charge < -0.3 is 22.1 Å². The molecule has 0 saturated carbocycles. The summed E-state index contributed by atoms with van der Waals surface area (Å²) in [6, 6.07) is 2.01. The fourth-order valence-corrected chi connectivity index (χ4v) is 3.62. The SMILES string of the molecule is CS(=O)(=O)c1cc(N2CCC(N)CC2)c([N+](=O)[O-])cc1C(=O)N=C(N)N. The van der Waals surface area contributed by atoms with Crippen LogP contribution < -0.4 is 22.1 Å². The number of piperidine rings is 1. The topological polar surface area (TPSA) is 188 Å². The van der Waals surface area contributed by atoms with Crippen LogP contribution in [0.1, 0.15) is 23.2 Å². The van der Waals surface area contributed by atoms with Gasteiger partial charge in [0.1, 0.15) is 5.69 Å². The Morgan fingerprint density at radius 3 is 2.35 bits per heavy atom. The number of carbonyl (C=O) groups is 1. The summed E-state index contributed by atoms with van der Waals surface area (Å²) in [4.78, 5) is 27.6. The number of aliphatic imine (C=N–C) groups is 1. The van der Waals surface area contributed by atoms with Gasteiger partial charge >= 0.3 is 0 Å². The Bertz CT molecular complexity index is 870. The number of guanidine groups is 1. The van der Waals surface area contributed by atoms with Gasteiger partial charge in [0, 0.05) is 31.5 Å². The van der Waals surface area contributed by atoms with Crippen LogP contribution in [-0.4, -0.2) is 50.6 Å². The number of nitrogens with two attached hydrogens (primary N) is 3. The Kier molecular flexibility index (Phi) is 5.47. The second-order valence-corrected chi connectivity index (χ2v) is 8.02. The summed E-state index contributed by atoms with van der Waals surface area (Å²) in [6.45, 7) is 0.874. The van der Waals surface area contributed by atoms with Crippen LogP contribution in [0.5, 0.6) is 0 Å². The molecule has 142 valence electrons. The van der Waals surface area contributed by atoms with Gasteiger partial charge in [-0.2, -0.15) is 4.99 Å². The minimum atomic E-state index is -3.87. The highest BCUT2D eigenvalue weighted by atomic mass is 32.2. The van der Waals surface area contributed by atoms with Gasteiger partial charge in [0.05, 0.1) is 15.4 Å². The number of nitrogens with zero attached hydrogens (tertiary/aromatic N) is 3. The number of rotatable bonds is 4. The molecule has 2 rings (SSSR count). The maximum atomic E-state index is 12.2. The molecule has 0 aliphatic carbocycles. The Morgan fingerprint density at radius 2 is 1.88 bits per heavy atom. The molecule has 1 heterocycles. The molecule has 1 aliphatic rings. The van der Waals surface area contributed by atoms with E-state index in [9.17, 15) is 23.3 Å². The number of anilines is 1. The lowest BCUT2D eigenvalue weighted by Gasteiger charge is -2.32. The van der Waals surface area contributed by atoms with E-state index < -0.39 is 37.9 Å². The first-order chi connectivity index (χ1) is 12.0. The molecular formula is C14H20N6O5S. The lowest BCUT2D eigenvalue weighted by molar-refractivity contribution is -0.384. The first-order valence-electron chi connectivity index (χ1n) is 7.67. The molecule has 0 aromatic heterocycles. The summed E-state index contributed by atoms with van der Waals surface area (Å²) < 4.78 is 24.3. The fourth-order valence-electron chi connectivity index (χ4n) is 2.75. The zero-order valence-electron chi connectivity index (χ0n) is 14.1. The summed E-state index contributed by atoms with van der Waals surface area (Å²) in [5.41, 5.74) is 15.4. The summed E-state index contributed by atoms with van der Waals surface area (Å²) in [5, 5.41) is 11.5. The Morgan fingerprint density at radius 1 is 1.31 bits per heavy atom. The van der Waals surface area contributed by atoms with Crippen LogP contribution in [0.25, 0.3) is 0 Å². The first-order valence-corrected chi connectivity index (χ1v) is 9.57. The highest BCUT2D eigenvalue weighted by molar-refractivity contribution is 7.90. The second-order valence-electron chi connectivity index (χ2n) is 6.03.